The van der Waals surface area contributed by atoms with E-state index in [4.69, 9.17) is 5.11 Å². The van der Waals surface area contributed by atoms with Crippen molar-refractivity contribution in [3.05, 3.63) is 29.8 Å². The molecule has 5 heteroatoms. The zero-order valence-electron chi connectivity index (χ0n) is 12.4. The first-order valence-corrected chi connectivity index (χ1v) is 7.66. The number of nitrogens with zero attached hydrogens (tertiary/aromatic N) is 3. The average molecular weight is 291 g/mol. The van der Waals surface area contributed by atoms with E-state index in [0.29, 0.717) is 5.75 Å². The van der Waals surface area contributed by atoms with E-state index < -0.39 is 0 Å². The maximum Gasteiger partial charge on any atom is 0.191 e. The van der Waals surface area contributed by atoms with Gasteiger partial charge in [0, 0.05) is 18.4 Å². The molecule has 20 heavy (non-hydrogen) atoms. The smallest absolute Gasteiger partial charge is 0.191 e. The molecule has 1 aromatic heterocycles. The molecule has 0 saturated carbocycles. The number of benzene rings is 1. The highest BCUT2D eigenvalue weighted by Crippen LogP contribution is 2.26. The molecule has 0 bridgehead atoms. The molecule has 2 rings (SSSR count). The first kappa shape index (κ1) is 15.1. The van der Waals surface area contributed by atoms with Gasteiger partial charge in [0.15, 0.2) is 11.0 Å². The summed E-state index contributed by atoms with van der Waals surface area (Å²) in [5.74, 6) is 1.49. The summed E-state index contributed by atoms with van der Waals surface area (Å²) in [5, 5.41) is 18.1. The second-order valence-corrected chi connectivity index (χ2v) is 6.83. The third-order valence-electron chi connectivity index (χ3n) is 3.17. The van der Waals surface area contributed by atoms with Gasteiger partial charge in [-0.2, -0.15) is 0 Å². The minimum atomic E-state index is 0.146. The highest BCUT2D eigenvalue weighted by atomic mass is 32.2. The maximum atomic E-state index is 8.87. The van der Waals surface area contributed by atoms with Crippen LogP contribution in [0.2, 0.25) is 0 Å². The van der Waals surface area contributed by atoms with Crippen LogP contribution in [0.25, 0.3) is 11.4 Å². The molecule has 0 aliphatic rings. The number of aliphatic hydroxyl groups is 1. The van der Waals surface area contributed by atoms with Gasteiger partial charge in [-0.3, -0.25) is 0 Å². The highest BCUT2D eigenvalue weighted by molar-refractivity contribution is 7.99. The van der Waals surface area contributed by atoms with Crippen LogP contribution in [0.4, 0.5) is 0 Å². The number of hydrogen-bond donors (Lipinski definition) is 1. The molecule has 0 saturated heterocycles. The highest BCUT2D eigenvalue weighted by Gasteiger charge is 2.15. The molecule has 1 N–H and O–H groups in total. The Morgan fingerprint density at radius 1 is 1.15 bits per heavy atom. The molecule has 0 spiro atoms. The third-order valence-corrected chi connectivity index (χ3v) is 4.17. The van der Waals surface area contributed by atoms with Crippen molar-refractivity contribution in [3.8, 4) is 11.4 Å². The second kappa shape index (κ2) is 5.97. The lowest BCUT2D eigenvalue weighted by Crippen LogP contribution is -2.10. The fraction of sp³-hybridized carbons (Fsp3) is 0.467. The topological polar surface area (TPSA) is 50.9 Å². The van der Waals surface area contributed by atoms with E-state index in [0.717, 1.165) is 16.5 Å². The van der Waals surface area contributed by atoms with Crippen molar-refractivity contribution in [2.45, 2.75) is 31.3 Å². The molecular weight excluding hydrogens is 270 g/mol. The largest absolute Gasteiger partial charge is 0.396 e. The van der Waals surface area contributed by atoms with Crippen LogP contribution < -0.4 is 0 Å². The van der Waals surface area contributed by atoms with Gasteiger partial charge >= 0.3 is 0 Å². The molecule has 1 heterocycles. The number of aliphatic hydroxyl groups excluding tert-OH is 1. The fourth-order valence-corrected chi connectivity index (χ4v) is 2.60. The molecule has 0 aliphatic carbocycles. The SMILES string of the molecule is Cn1c(SCCO)nnc1-c1ccc(C(C)(C)C)cc1. The van der Waals surface area contributed by atoms with Gasteiger partial charge in [0.2, 0.25) is 0 Å². The third kappa shape index (κ3) is 3.22. The Morgan fingerprint density at radius 3 is 2.35 bits per heavy atom. The van der Waals surface area contributed by atoms with Gasteiger partial charge < -0.3 is 9.67 Å². The van der Waals surface area contributed by atoms with Gasteiger partial charge in [-0.05, 0) is 11.0 Å². The number of hydrogen-bond acceptors (Lipinski definition) is 4. The second-order valence-electron chi connectivity index (χ2n) is 5.76. The van der Waals surface area contributed by atoms with Crippen molar-refractivity contribution in [2.24, 2.45) is 7.05 Å². The summed E-state index contributed by atoms with van der Waals surface area (Å²) >= 11 is 1.51. The normalized spacial score (nSPS) is 11.8. The van der Waals surface area contributed by atoms with Crippen molar-refractivity contribution < 1.29 is 5.11 Å². The molecule has 1 aromatic carbocycles. The summed E-state index contributed by atoms with van der Waals surface area (Å²) in [4.78, 5) is 0. The van der Waals surface area contributed by atoms with Crippen LogP contribution in [-0.4, -0.2) is 32.2 Å². The Morgan fingerprint density at radius 2 is 1.80 bits per heavy atom. The van der Waals surface area contributed by atoms with E-state index in [-0.39, 0.29) is 12.0 Å². The van der Waals surface area contributed by atoms with Crippen molar-refractivity contribution in [2.75, 3.05) is 12.4 Å². The summed E-state index contributed by atoms with van der Waals surface area (Å²) in [5.41, 5.74) is 2.52. The van der Waals surface area contributed by atoms with E-state index in [1.54, 1.807) is 0 Å². The van der Waals surface area contributed by atoms with E-state index >= 15 is 0 Å². The Hall–Kier alpha value is -1.33. The predicted molar refractivity (Wildman–Crippen MR) is 82.9 cm³/mol. The summed E-state index contributed by atoms with van der Waals surface area (Å²) in [6, 6.07) is 8.46. The van der Waals surface area contributed by atoms with E-state index in [9.17, 15) is 0 Å². The fourth-order valence-electron chi connectivity index (χ4n) is 1.95. The van der Waals surface area contributed by atoms with Crippen LogP contribution >= 0.6 is 11.8 Å². The lowest BCUT2D eigenvalue weighted by molar-refractivity contribution is 0.322. The zero-order valence-corrected chi connectivity index (χ0v) is 13.2. The maximum absolute atomic E-state index is 8.87. The van der Waals surface area contributed by atoms with Gasteiger partial charge in [-0.15, -0.1) is 10.2 Å². The van der Waals surface area contributed by atoms with Gasteiger partial charge in [0.25, 0.3) is 0 Å². The Bertz CT molecular complexity index is 570. The van der Waals surface area contributed by atoms with Gasteiger partial charge in [0.1, 0.15) is 0 Å². The van der Waals surface area contributed by atoms with Crippen LogP contribution in [0.15, 0.2) is 29.4 Å². The molecule has 0 aliphatic heterocycles. The molecule has 0 atom stereocenters. The van der Waals surface area contributed by atoms with Crippen LogP contribution in [0.3, 0.4) is 0 Å². The van der Waals surface area contributed by atoms with Crippen molar-refractivity contribution >= 4 is 11.8 Å². The molecular formula is C15H21N3OS. The van der Waals surface area contributed by atoms with E-state index in [1.807, 2.05) is 11.6 Å². The molecule has 0 radical (unpaired) electrons. The molecule has 0 unspecified atom stereocenters. The lowest BCUT2D eigenvalue weighted by atomic mass is 9.87. The van der Waals surface area contributed by atoms with E-state index in [1.165, 1.54) is 17.3 Å². The average Bonchev–Trinajstić information content (AvgIpc) is 2.77. The summed E-state index contributed by atoms with van der Waals surface area (Å²) in [6.07, 6.45) is 0. The molecule has 2 aromatic rings. The Balaban J connectivity index is 2.26. The van der Waals surface area contributed by atoms with Crippen LogP contribution in [-0.2, 0) is 12.5 Å². The van der Waals surface area contributed by atoms with Crippen molar-refractivity contribution in [1.29, 1.82) is 0 Å². The van der Waals surface area contributed by atoms with Gasteiger partial charge in [-0.25, -0.2) is 0 Å². The monoisotopic (exact) mass is 291 g/mol. The Kier molecular flexibility index (Phi) is 4.50. The number of rotatable bonds is 4. The summed E-state index contributed by atoms with van der Waals surface area (Å²) in [6.45, 7) is 6.75. The standard InChI is InChI=1S/C15H21N3OS/c1-15(2,3)12-7-5-11(6-8-12)13-16-17-14(18(13)4)20-10-9-19/h5-8,19H,9-10H2,1-4H3. The number of thioether (sulfide) groups is 1. The Labute approximate surface area is 124 Å². The quantitative estimate of drug-likeness (QED) is 0.880. The van der Waals surface area contributed by atoms with Gasteiger partial charge in [0.05, 0.1) is 6.61 Å². The minimum absolute atomic E-state index is 0.146. The van der Waals surface area contributed by atoms with Crippen LogP contribution in [0, 0.1) is 0 Å². The minimum Gasteiger partial charge on any atom is -0.396 e. The summed E-state index contributed by atoms with van der Waals surface area (Å²) in [7, 11) is 1.95. The first-order chi connectivity index (χ1) is 9.43. The van der Waals surface area contributed by atoms with Gasteiger partial charge in [-0.1, -0.05) is 56.8 Å². The van der Waals surface area contributed by atoms with Crippen LogP contribution in [0.1, 0.15) is 26.3 Å². The molecule has 0 fully saturated rings. The molecule has 0 amide bonds. The van der Waals surface area contributed by atoms with Crippen LogP contribution in [0.5, 0.6) is 0 Å². The van der Waals surface area contributed by atoms with Crippen molar-refractivity contribution in [3.63, 3.8) is 0 Å². The number of aromatic nitrogens is 3. The van der Waals surface area contributed by atoms with E-state index in [2.05, 4.69) is 55.2 Å². The molecule has 108 valence electrons. The zero-order chi connectivity index (χ0) is 14.8. The predicted octanol–water partition coefficient (Wildman–Crippen LogP) is 2.86. The summed E-state index contributed by atoms with van der Waals surface area (Å²) < 4.78 is 1.96. The molecule has 4 nitrogen and oxygen atoms in total. The van der Waals surface area contributed by atoms with Crippen molar-refractivity contribution in [1.82, 2.24) is 14.8 Å². The first-order valence-electron chi connectivity index (χ1n) is 6.67. The lowest BCUT2D eigenvalue weighted by Gasteiger charge is -2.19.